The fourth-order valence-electron chi connectivity index (χ4n) is 3.35. The molecule has 0 aromatic heterocycles. The second-order valence-corrected chi connectivity index (χ2v) is 8.40. The number of piperazine rings is 1. The maximum Gasteiger partial charge on any atom is 0.410 e. The molecule has 21 heavy (non-hydrogen) atoms. The minimum absolute atomic E-state index is 0.160. The minimum Gasteiger partial charge on any atom is -0.444 e. The van der Waals surface area contributed by atoms with E-state index in [0.717, 1.165) is 32.2 Å². The van der Waals surface area contributed by atoms with Crippen LogP contribution in [0.1, 0.15) is 60.3 Å². The molecule has 0 spiro atoms. The molecule has 1 saturated carbocycles. The van der Waals surface area contributed by atoms with E-state index in [4.69, 9.17) is 4.74 Å². The van der Waals surface area contributed by atoms with Crippen LogP contribution >= 0.6 is 0 Å². The third-order valence-corrected chi connectivity index (χ3v) is 4.79. The molecular weight excluding hydrogens is 264 g/mol. The van der Waals surface area contributed by atoms with E-state index in [2.05, 4.69) is 18.7 Å². The lowest BCUT2D eigenvalue weighted by molar-refractivity contribution is 0.00545. The Bertz CT molecular complexity index is 355. The fraction of sp³-hybridized carbons (Fsp3) is 0.941. The lowest BCUT2D eigenvalue weighted by atomic mass is 9.75. The Kier molecular flexibility index (Phi) is 4.86. The van der Waals surface area contributed by atoms with E-state index in [1.165, 1.54) is 25.7 Å². The number of carbonyl (C=O) groups is 1. The molecule has 0 aromatic rings. The smallest absolute Gasteiger partial charge is 0.410 e. The van der Waals surface area contributed by atoms with Gasteiger partial charge in [0.25, 0.3) is 0 Å². The Labute approximate surface area is 129 Å². The van der Waals surface area contributed by atoms with Crippen molar-refractivity contribution in [2.24, 2.45) is 5.41 Å². The van der Waals surface area contributed by atoms with Crippen LogP contribution in [-0.2, 0) is 4.74 Å². The fourth-order valence-corrected chi connectivity index (χ4v) is 3.35. The summed E-state index contributed by atoms with van der Waals surface area (Å²) in [4.78, 5) is 16.5. The van der Waals surface area contributed by atoms with Crippen LogP contribution in [0.15, 0.2) is 0 Å². The van der Waals surface area contributed by atoms with Crippen molar-refractivity contribution in [2.45, 2.75) is 71.9 Å². The predicted octanol–water partition coefficient (Wildman–Crippen LogP) is 3.51. The van der Waals surface area contributed by atoms with Gasteiger partial charge in [-0.25, -0.2) is 4.79 Å². The number of amides is 1. The summed E-state index contributed by atoms with van der Waals surface area (Å²) in [5.74, 6) is 0. The highest BCUT2D eigenvalue weighted by atomic mass is 16.6. The Morgan fingerprint density at radius 1 is 1.05 bits per heavy atom. The lowest BCUT2D eigenvalue weighted by Crippen LogP contribution is -2.53. The summed E-state index contributed by atoms with van der Waals surface area (Å²) >= 11 is 0. The van der Waals surface area contributed by atoms with Gasteiger partial charge in [0.15, 0.2) is 0 Å². The number of nitrogens with zero attached hydrogens (tertiary/aromatic N) is 2. The van der Waals surface area contributed by atoms with E-state index in [1.54, 1.807) is 0 Å². The minimum atomic E-state index is -0.400. The van der Waals surface area contributed by atoms with E-state index in [0.29, 0.717) is 5.41 Å². The summed E-state index contributed by atoms with van der Waals surface area (Å²) in [7, 11) is 0. The Balaban J connectivity index is 1.77. The van der Waals surface area contributed by atoms with Gasteiger partial charge in [0.05, 0.1) is 0 Å². The molecule has 1 saturated heterocycles. The van der Waals surface area contributed by atoms with Gasteiger partial charge in [-0.3, -0.25) is 4.90 Å². The molecule has 1 aliphatic carbocycles. The SMILES string of the molecule is CC1(C)CCC(N2CCN(C(=O)OC(C)(C)C)CC2)CC1. The summed E-state index contributed by atoms with van der Waals surface area (Å²) in [6.45, 7) is 14.1. The molecule has 0 aromatic carbocycles. The average molecular weight is 296 g/mol. The highest BCUT2D eigenvalue weighted by Gasteiger charge is 2.33. The van der Waals surface area contributed by atoms with Crippen molar-refractivity contribution in [3.8, 4) is 0 Å². The number of carbonyl (C=O) groups excluding carboxylic acids is 1. The highest BCUT2D eigenvalue weighted by Crippen LogP contribution is 2.37. The van der Waals surface area contributed by atoms with Gasteiger partial charge in [-0.15, -0.1) is 0 Å². The van der Waals surface area contributed by atoms with Gasteiger partial charge in [-0.1, -0.05) is 13.8 Å². The van der Waals surface area contributed by atoms with Crippen molar-refractivity contribution in [3.05, 3.63) is 0 Å². The van der Waals surface area contributed by atoms with Crippen LogP contribution in [-0.4, -0.2) is 53.7 Å². The summed E-state index contributed by atoms with van der Waals surface area (Å²) in [6, 6.07) is 0.721. The molecule has 1 amide bonds. The second kappa shape index (κ2) is 6.15. The molecule has 0 radical (unpaired) electrons. The van der Waals surface area contributed by atoms with Crippen molar-refractivity contribution < 1.29 is 9.53 Å². The van der Waals surface area contributed by atoms with Crippen LogP contribution in [0.5, 0.6) is 0 Å². The average Bonchev–Trinajstić information content (AvgIpc) is 2.37. The van der Waals surface area contributed by atoms with E-state index >= 15 is 0 Å². The monoisotopic (exact) mass is 296 g/mol. The van der Waals surface area contributed by atoms with Crippen LogP contribution in [0.2, 0.25) is 0 Å². The molecule has 122 valence electrons. The molecular formula is C17H32N2O2. The summed E-state index contributed by atoms with van der Waals surface area (Å²) < 4.78 is 5.45. The molecule has 2 aliphatic rings. The Hall–Kier alpha value is -0.770. The number of hydrogen-bond donors (Lipinski definition) is 0. The Morgan fingerprint density at radius 2 is 1.57 bits per heavy atom. The van der Waals surface area contributed by atoms with E-state index in [-0.39, 0.29) is 6.09 Å². The van der Waals surface area contributed by atoms with Gasteiger partial charge in [0.1, 0.15) is 5.60 Å². The van der Waals surface area contributed by atoms with Crippen LogP contribution in [0.3, 0.4) is 0 Å². The molecule has 0 atom stereocenters. The van der Waals surface area contributed by atoms with Crippen molar-refractivity contribution in [1.29, 1.82) is 0 Å². The second-order valence-electron chi connectivity index (χ2n) is 8.40. The first-order valence-electron chi connectivity index (χ1n) is 8.38. The molecule has 0 N–H and O–H groups in total. The maximum absolute atomic E-state index is 12.1. The van der Waals surface area contributed by atoms with Crippen molar-refractivity contribution >= 4 is 6.09 Å². The van der Waals surface area contributed by atoms with E-state index in [9.17, 15) is 4.79 Å². The van der Waals surface area contributed by atoms with Crippen LogP contribution in [0, 0.1) is 5.41 Å². The predicted molar refractivity (Wildman–Crippen MR) is 85.4 cm³/mol. The molecule has 4 heteroatoms. The zero-order valence-corrected chi connectivity index (χ0v) is 14.4. The third-order valence-electron chi connectivity index (χ3n) is 4.79. The van der Waals surface area contributed by atoms with Gasteiger partial charge >= 0.3 is 6.09 Å². The Morgan fingerprint density at radius 3 is 2.05 bits per heavy atom. The topological polar surface area (TPSA) is 32.8 Å². The zero-order valence-electron chi connectivity index (χ0n) is 14.4. The first-order valence-corrected chi connectivity index (χ1v) is 8.38. The first kappa shape index (κ1) is 16.6. The standard InChI is InChI=1S/C17H32N2O2/c1-16(2,3)21-15(20)19-12-10-18(11-13-19)14-6-8-17(4,5)9-7-14/h14H,6-13H2,1-5H3. The van der Waals surface area contributed by atoms with E-state index in [1.807, 2.05) is 25.7 Å². The van der Waals surface area contributed by atoms with Gasteiger partial charge in [-0.2, -0.15) is 0 Å². The lowest BCUT2D eigenvalue weighted by Gasteiger charge is -2.43. The van der Waals surface area contributed by atoms with Crippen molar-refractivity contribution in [1.82, 2.24) is 9.80 Å². The van der Waals surface area contributed by atoms with Crippen molar-refractivity contribution in [3.63, 3.8) is 0 Å². The quantitative estimate of drug-likeness (QED) is 0.742. The zero-order chi connectivity index (χ0) is 15.7. The highest BCUT2D eigenvalue weighted by molar-refractivity contribution is 5.68. The number of rotatable bonds is 1. The molecule has 0 unspecified atom stereocenters. The summed E-state index contributed by atoms with van der Waals surface area (Å²) in [5.41, 5.74) is 0.123. The molecule has 4 nitrogen and oxygen atoms in total. The van der Waals surface area contributed by atoms with Crippen molar-refractivity contribution in [2.75, 3.05) is 26.2 Å². The van der Waals surface area contributed by atoms with Gasteiger partial charge in [-0.05, 0) is 51.9 Å². The molecule has 1 heterocycles. The van der Waals surface area contributed by atoms with Crippen LogP contribution in [0.25, 0.3) is 0 Å². The third kappa shape index (κ3) is 4.87. The summed E-state index contributed by atoms with van der Waals surface area (Å²) in [6.07, 6.45) is 5.10. The molecule has 0 bridgehead atoms. The van der Waals surface area contributed by atoms with E-state index < -0.39 is 5.60 Å². The molecule has 2 rings (SSSR count). The van der Waals surface area contributed by atoms with Crippen LogP contribution in [0.4, 0.5) is 4.79 Å². The maximum atomic E-state index is 12.1. The van der Waals surface area contributed by atoms with Gasteiger partial charge in [0.2, 0.25) is 0 Å². The first-order chi connectivity index (χ1) is 9.66. The normalized spacial score (nSPS) is 24.9. The number of hydrogen-bond acceptors (Lipinski definition) is 3. The van der Waals surface area contributed by atoms with Gasteiger partial charge < -0.3 is 9.64 Å². The molecule has 1 aliphatic heterocycles. The summed E-state index contributed by atoms with van der Waals surface area (Å²) in [5, 5.41) is 0. The van der Waals surface area contributed by atoms with Crippen LogP contribution < -0.4 is 0 Å². The largest absolute Gasteiger partial charge is 0.444 e. The van der Waals surface area contributed by atoms with Gasteiger partial charge in [0, 0.05) is 32.2 Å². The molecule has 2 fully saturated rings. The number of ether oxygens (including phenoxy) is 1.